The lowest BCUT2D eigenvalue weighted by Crippen LogP contribution is -2.29. The van der Waals surface area contributed by atoms with Crippen LogP contribution in [0.3, 0.4) is 0 Å². The average Bonchev–Trinajstić information content (AvgIpc) is 3.43. The van der Waals surface area contributed by atoms with Gasteiger partial charge in [-0.2, -0.15) is 0 Å². The van der Waals surface area contributed by atoms with Crippen molar-refractivity contribution in [3.05, 3.63) is 0 Å². The smallest absolute Gasteiger partial charge is 0.462 e. The summed E-state index contributed by atoms with van der Waals surface area (Å²) >= 11 is 0. The Bertz CT molecular complexity index is 1240. The fourth-order valence-corrected chi connectivity index (χ4v) is 11.8. The van der Waals surface area contributed by atoms with Crippen LogP contribution in [0, 0.1) is 0 Å². The lowest BCUT2D eigenvalue weighted by molar-refractivity contribution is -0.161. The van der Waals surface area contributed by atoms with Gasteiger partial charge in [0.2, 0.25) is 0 Å². The highest BCUT2D eigenvalue weighted by Gasteiger charge is 2.26. The van der Waals surface area contributed by atoms with Gasteiger partial charge in [-0.15, -0.1) is 0 Å². The van der Waals surface area contributed by atoms with E-state index in [0.717, 1.165) is 32.1 Å². The Morgan fingerprint density at radius 2 is 0.551 bits per heavy atom. The molecule has 0 aromatic heterocycles. The second kappa shape index (κ2) is 65.2. The van der Waals surface area contributed by atoms with Gasteiger partial charge in [0.1, 0.15) is 6.61 Å². The molecule has 9 nitrogen and oxygen atoms in total. The molecule has 0 rings (SSSR count). The zero-order valence-electron chi connectivity index (χ0n) is 52.5. The third-order valence-electron chi connectivity index (χ3n) is 16.2. The molecule has 0 aliphatic carbocycles. The van der Waals surface area contributed by atoms with Gasteiger partial charge in [0.05, 0.1) is 13.2 Å². The number of rotatable bonds is 68. The van der Waals surface area contributed by atoms with E-state index in [4.69, 9.17) is 24.3 Å². The first-order valence-electron chi connectivity index (χ1n) is 35.0. The van der Waals surface area contributed by atoms with Gasteiger partial charge in [0, 0.05) is 19.4 Å². The molecule has 0 radical (unpaired) electrons. The zero-order valence-corrected chi connectivity index (χ0v) is 53.3. The van der Waals surface area contributed by atoms with Crippen molar-refractivity contribution in [1.82, 2.24) is 0 Å². The van der Waals surface area contributed by atoms with Gasteiger partial charge in [-0.1, -0.05) is 367 Å². The van der Waals surface area contributed by atoms with Crippen molar-refractivity contribution >= 4 is 19.8 Å². The van der Waals surface area contributed by atoms with Crippen LogP contribution in [-0.4, -0.2) is 49.3 Å². The second-order valence-electron chi connectivity index (χ2n) is 24.1. The summed E-state index contributed by atoms with van der Waals surface area (Å²) in [4.78, 5) is 35.3. The summed E-state index contributed by atoms with van der Waals surface area (Å²) in [6.45, 7) is 3.85. The normalized spacial score (nSPS) is 12.8. The molecule has 0 heterocycles. The molecule has 10 heteroatoms. The third-order valence-corrected chi connectivity index (χ3v) is 17.2. The highest BCUT2D eigenvalue weighted by Crippen LogP contribution is 2.43. The number of esters is 2. The lowest BCUT2D eigenvalue weighted by Gasteiger charge is -2.19. The molecular weight excluding hydrogens is 990 g/mol. The Balaban J connectivity index is 3.80. The van der Waals surface area contributed by atoms with Crippen LogP contribution in [0.15, 0.2) is 0 Å². The van der Waals surface area contributed by atoms with Crippen molar-refractivity contribution in [2.45, 2.75) is 399 Å². The zero-order chi connectivity index (χ0) is 56.6. The molecule has 0 aliphatic rings. The molecule has 0 bridgehead atoms. The third kappa shape index (κ3) is 64.2. The number of carbonyl (C=O) groups is 2. The predicted molar refractivity (Wildman–Crippen MR) is 335 cm³/mol. The van der Waals surface area contributed by atoms with Crippen molar-refractivity contribution in [2.75, 3.05) is 26.4 Å². The second-order valence-corrected chi connectivity index (χ2v) is 25.6. The predicted octanol–water partition coefficient (Wildman–Crippen LogP) is 22.6. The molecule has 3 N–H and O–H groups in total. The average molecular weight is 1130 g/mol. The van der Waals surface area contributed by atoms with Crippen molar-refractivity contribution < 1.29 is 37.6 Å². The molecule has 0 aliphatic heterocycles. The van der Waals surface area contributed by atoms with E-state index in [0.29, 0.717) is 12.8 Å². The molecule has 0 amide bonds. The van der Waals surface area contributed by atoms with E-state index in [9.17, 15) is 19.0 Å². The van der Waals surface area contributed by atoms with Crippen LogP contribution < -0.4 is 5.73 Å². The lowest BCUT2D eigenvalue weighted by atomic mass is 10.0. The number of ether oxygens (including phenoxy) is 2. The van der Waals surface area contributed by atoms with E-state index in [1.807, 2.05) is 0 Å². The molecule has 0 fully saturated rings. The molecule has 0 spiro atoms. The Labute approximate surface area is 486 Å². The largest absolute Gasteiger partial charge is 0.472 e. The summed E-state index contributed by atoms with van der Waals surface area (Å²) < 4.78 is 33.2. The Morgan fingerprint density at radius 3 is 0.782 bits per heavy atom. The number of carbonyl (C=O) groups excluding carboxylic acids is 2. The Hall–Kier alpha value is -0.990. The Morgan fingerprint density at radius 1 is 0.333 bits per heavy atom. The number of nitrogens with two attached hydrogens (primary N) is 1. The first-order valence-corrected chi connectivity index (χ1v) is 36.5. The van der Waals surface area contributed by atoms with Crippen LogP contribution in [0.25, 0.3) is 0 Å². The van der Waals surface area contributed by atoms with Gasteiger partial charge in [-0.05, 0) is 12.8 Å². The van der Waals surface area contributed by atoms with Crippen LogP contribution in [-0.2, 0) is 32.7 Å². The number of phosphoric acid groups is 1. The van der Waals surface area contributed by atoms with Crippen LogP contribution in [0.4, 0.5) is 0 Å². The fraction of sp³-hybridized carbons (Fsp3) is 0.971. The van der Waals surface area contributed by atoms with Gasteiger partial charge in [-0.3, -0.25) is 18.6 Å². The molecule has 0 saturated carbocycles. The maximum atomic E-state index is 12.8. The van der Waals surface area contributed by atoms with Crippen molar-refractivity contribution in [2.24, 2.45) is 5.73 Å². The van der Waals surface area contributed by atoms with Gasteiger partial charge < -0.3 is 20.1 Å². The van der Waals surface area contributed by atoms with Gasteiger partial charge in [0.15, 0.2) is 6.10 Å². The summed E-state index contributed by atoms with van der Waals surface area (Å²) in [5.41, 5.74) is 5.40. The van der Waals surface area contributed by atoms with E-state index in [1.165, 1.54) is 327 Å². The summed E-state index contributed by atoms with van der Waals surface area (Å²) in [6.07, 6.45) is 76.4. The van der Waals surface area contributed by atoms with Crippen molar-refractivity contribution in [1.29, 1.82) is 0 Å². The molecule has 78 heavy (non-hydrogen) atoms. The summed E-state index contributed by atoms with van der Waals surface area (Å²) in [5.74, 6) is -0.797. The molecule has 0 saturated heterocycles. The number of hydrogen-bond donors (Lipinski definition) is 2. The monoisotopic (exact) mass is 1130 g/mol. The quantitative estimate of drug-likeness (QED) is 0.0347. The van der Waals surface area contributed by atoms with E-state index < -0.39 is 26.5 Å². The van der Waals surface area contributed by atoms with Crippen LogP contribution in [0.2, 0.25) is 0 Å². The number of phosphoric ester groups is 1. The Kier molecular flexibility index (Phi) is 64.3. The highest BCUT2D eigenvalue weighted by molar-refractivity contribution is 7.47. The molecule has 2 atom stereocenters. The summed E-state index contributed by atoms with van der Waals surface area (Å²) in [7, 11) is -4.39. The summed E-state index contributed by atoms with van der Waals surface area (Å²) in [6, 6.07) is 0. The maximum absolute atomic E-state index is 12.8. The van der Waals surface area contributed by atoms with Gasteiger partial charge >= 0.3 is 19.8 Å². The molecule has 2 unspecified atom stereocenters. The highest BCUT2D eigenvalue weighted by atomic mass is 31.2. The number of unbranched alkanes of at least 4 members (excludes halogenated alkanes) is 55. The van der Waals surface area contributed by atoms with Crippen LogP contribution in [0.1, 0.15) is 393 Å². The van der Waals surface area contributed by atoms with E-state index >= 15 is 0 Å². The van der Waals surface area contributed by atoms with Crippen molar-refractivity contribution in [3.63, 3.8) is 0 Å². The van der Waals surface area contributed by atoms with Crippen molar-refractivity contribution in [3.8, 4) is 0 Å². The first kappa shape index (κ1) is 77.0. The first-order chi connectivity index (χ1) is 38.3. The van der Waals surface area contributed by atoms with Crippen LogP contribution >= 0.6 is 7.82 Å². The van der Waals surface area contributed by atoms with E-state index in [-0.39, 0.29) is 32.1 Å². The van der Waals surface area contributed by atoms with Gasteiger partial charge in [-0.25, -0.2) is 4.57 Å². The van der Waals surface area contributed by atoms with Crippen LogP contribution in [0.5, 0.6) is 0 Å². The standard InChI is InChI=1S/C68H136NO8P/c1-3-5-7-9-11-13-15-17-19-21-23-25-27-29-31-33-35-37-39-41-43-45-47-49-51-53-55-57-59-61-68(71)77-66(65-76-78(72,73)75-63-62-69)64-74-67(70)60-58-56-54-52-50-48-46-44-42-40-38-36-34-32-30-28-26-24-22-20-18-16-14-12-10-8-6-4-2/h66H,3-65,69H2,1-2H3,(H,72,73). The van der Waals surface area contributed by atoms with E-state index in [2.05, 4.69) is 13.8 Å². The molecule has 466 valence electrons. The SMILES string of the molecule is CCCCCCCCCCCCCCCCCCCCCCCCCCCCCCCC(=O)OC(COC(=O)CCCCCCCCCCCCCCCCCCCCCCCCCCCCCC)COP(=O)(O)OCCN. The maximum Gasteiger partial charge on any atom is 0.472 e. The molecule has 0 aromatic carbocycles. The fourth-order valence-electron chi connectivity index (χ4n) is 11.1. The molecule has 0 aromatic rings. The van der Waals surface area contributed by atoms with E-state index in [1.54, 1.807) is 0 Å². The number of hydrogen-bond acceptors (Lipinski definition) is 8. The summed E-state index contributed by atoms with van der Waals surface area (Å²) in [5, 5.41) is 0. The molecular formula is C68H136NO8P. The minimum absolute atomic E-state index is 0.0588. The minimum atomic E-state index is -4.39. The topological polar surface area (TPSA) is 134 Å². The van der Waals surface area contributed by atoms with Gasteiger partial charge in [0.25, 0.3) is 0 Å². The minimum Gasteiger partial charge on any atom is -0.462 e.